The lowest BCUT2D eigenvalue weighted by Gasteiger charge is -2.15. The summed E-state index contributed by atoms with van der Waals surface area (Å²) in [7, 11) is -2.77. The van der Waals surface area contributed by atoms with Crippen LogP contribution in [0.3, 0.4) is 0 Å². The lowest BCUT2D eigenvalue weighted by atomic mass is 10.2. The molecule has 0 spiro atoms. The summed E-state index contributed by atoms with van der Waals surface area (Å²) in [6.07, 6.45) is 1.53. The summed E-state index contributed by atoms with van der Waals surface area (Å²) < 4.78 is 39.2. The third kappa shape index (κ3) is 7.34. The lowest BCUT2D eigenvalue weighted by molar-refractivity contribution is -0.118. The van der Waals surface area contributed by atoms with Gasteiger partial charge in [-0.1, -0.05) is 35.9 Å². The number of nitrogens with one attached hydrogen (secondary N) is 3. The van der Waals surface area contributed by atoms with Crippen molar-refractivity contribution in [2.45, 2.75) is 16.3 Å². The van der Waals surface area contributed by atoms with Crippen LogP contribution in [0.15, 0.2) is 99.3 Å². The molecule has 0 radical (unpaired) electrons. The molecular formula is C27H24ClN3O6S2. The van der Waals surface area contributed by atoms with E-state index in [4.69, 9.17) is 20.8 Å². The number of anilines is 2. The minimum atomic E-state index is -4.12. The molecule has 202 valence electrons. The largest absolute Gasteiger partial charge is 0.495 e. The molecule has 3 aromatic carbocycles. The molecule has 39 heavy (non-hydrogen) atoms. The maximum atomic E-state index is 13.2. The second kappa shape index (κ2) is 12.7. The van der Waals surface area contributed by atoms with Gasteiger partial charge >= 0.3 is 0 Å². The van der Waals surface area contributed by atoms with Crippen molar-refractivity contribution in [2.75, 3.05) is 22.9 Å². The Morgan fingerprint density at radius 1 is 1.00 bits per heavy atom. The molecule has 4 aromatic rings. The van der Waals surface area contributed by atoms with Crippen LogP contribution >= 0.6 is 23.4 Å². The average molecular weight is 586 g/mol. The third-order valence-corrected chi connectivity index (χ3v) is 8.15. The highest BCUT2D eigenvalue weighted by molar-refractivity contribution is 8.00. The van der Waals surface area contributed by atoms with E-state index in [2.05, 4.69) is 15.4 Å². The fourth-order valence-corrected chi connectivity index (χ4v) is 5.87. The summed E-state index contributed by atoms with van der Waals surface area (Å²) in [5.74, 6) is 0.119. The number of hydrogen-bond acceptors (Lipinski definition) is 7. The van der Waals surface area contributed by atoms with Crippen LogP contribution < -0.4 is 20.1 Å². The van der Waals surface area contributed by atoms with Gasteiger partial charge in [0.1, 0.15) is 16.4 Å². The third-order valence-electron chi connectivity index (χ3n) is 5.36. The van der Waals surface area contributed by atoms with Crippen molar-refractivity contribution in [1.29, 1.82) is 0 Å². The van der Waals surface area contributed by atoms with Gasteiger partial charge in [0.2, 0.25) is 5.91 Å². The molecule has 0 bridgehead atoms. The molecule has 1 heterocycles. The quantitative estimate of drug-likeness (QED) is 0.201. The van der Waals surface area contributed by atoms with Crippen molar-refractivity contribution >= 4 is 56.6 Å². The van der Waals surface area contributed by atoms with E-state index in [-0.39, 0.29) is 45.2 Å². The molecule has 0 fully saturated rings. The van der Waals surface area contributed by atoms with Crippen LogP contribution in [0.5, 0.6) is 5.75 Å². The van der Waals surface area contributed by atoms with Crippen LogP contribution in [-0.4, -0.2) is 33.1 Å². The number of rotatable bonds is 11. The molecular weight excluding hydrogens is 562 g/mol. The molecule has 4 rings (SSSR count). The Morgan fingerprint density at radius 3 is 2.51 bits per heavy atom. The van der Waals surface area contributed by atoms with Gasteiger partial charge in [-0.05, 0) is 54.6 Å². The van der Waals surface area contributed by atoms with E-state index >= 15 is 0 Å². The smallest absolute Gasteiger partial charge is 0.265 e. The van der Waals surface area contributed by atoms with Gasteiger partial charge in [0.15, 0.2) is 0 Å². The Bertz CT molecular complexity index is 1580. The van der Waals surface area contributed by atoms with Gasteiger partial charge < -0.3 is 19.8 Å². The van der Waals surface area contributed by atoms with Crippen molar-refractivity contribution in [1.82, 2.24) is 5.32 Å². The maximum absolute atomic E-state index is 13.2. The van der Waals surface area contributed by atoms with Gasteiger partial charge in [-0.2, -0.15) is 0 Å². The number of methoxy groups -OCH3 is 1. The van der Waals surface area contributed by atoms with Crippen LogP contribution in [0.25, 0.3) is 0 Å². The Morgan fingerprint density at radius 2 is 1.77 bits per heavy atom. The maximum Gasteiger partial charge on any atom is 0.265 e. The molecule has 0 aliphatic rings. The van der Waals surface area contributed by atoms with Crippen molar-refractivity contribution in [3.05, 3.63) is 101 Å². The zero-order valence-electron chi connectivity index (χ0n) is 20.6. The SMILES string of the molecule is COc1ccc(NC(=O)c2ccccc2SCC(=O)NCc2ccco2)cc1S(=O)(=O)Nc1ccccc1Cl. The number of halogens is 1. The van der Waals surface area contributed by atoms with E-state index in [1.54, 1.807) is 54.6 Å². The second-order valence-electron chi connectivity index (χ2n) is 8.05. The normalized spacial score (nSPS) is 11.0. The van der Waals surface area contributed by atoms with E-state index in [0.717, 1.165) is 0 Å². The average Bonchev–Trinajstić information content (AvgIpc) is 3.46. The molecule has 9 nitrogen and oxygen atoms in total. The Hall–Kier alpha value is -3.93. The fraction of sp³-hybridized carbons (Fsp3) is 0.111. The zero-order chi connectivity index (χ0) is 27.8. The number of hydrogen-bond donors (Lipinski definition) is 3. The molecule has 1 aromatic heterocycles. The molecule has 12 heteroatoms. The second-order valence-corrected chi connectivity index (χ2v) is 11.1. The minimum absolute atomic E-state index is 0.0869. The number of ether oxygens (including phenoxy) is 1. The monoisotopic (exact) mass is 585 g/mol. The predicted octanol–water partition coefficient (Wildman–Crippen LogP) is 5.40. The number of sulfonamides is 1. The first-order valence-corrected chi connectivity index (χ1v) is 14.4. The van der Waals surface area contributed by atoms with E-state index in [1.165, 1.54) is 49.4 Å². The summed E-state index contributed by atoms with van der Waals surface area (Å²) in [6.45, 7) is 0.266. The summed E-state index contributed by atoms with van der Waals surface area (Å²) >= 11 is 7.32. The standard InChI is InChI=1S/C27H24ClN3O6S2/c1-36-23-13-12-18(15-25(23)39(34,35)31-22-10-4-3-9-21(22)28)30-27(33)20-8-2-5-11-24(20)38-17-26(32)29-16-19-7-6-14-37-19/h2-15,31H,16-17H2,1H3,(H,29,32)(H,30,33). The summed E-state index contributed by atoms with van der Waals surface area (Å²) in [5.41, 5.74) is 0.766. The van der Waals surface area contributed by atoms with E-state index < -0.39 is 15.9 Å². The molecule has 3 N–H and O–H groups in total. The number of amides is 2. The van der Waals surface area contributed by atoms with Crippen molar-refractivity contribution in [2.24, 2.45) is 0 Å². The summed E-state index contributed by atoms with van der Waals surface area (Å²) in [5, 5.41) is 5.72. The number of furan rings is 1. The van der Waals surface area contributed by atoms with Crippen LogP contribution in [0.4, 0.5) is 11.4 Å². The lowest BCUT2D eigenvalue weighted by Crippen LogP contribution is -2.24. The minimum Gasteiger partial charge on any atom is -0.495 e. The van der Waals surface area contributed by atoms with Gasteiger partial charge in [-0.3, -0.25) is 14.3 Å². The van der Waals surface area contributed by atoms with Crippen molar-refractivity contribution < 1.29 is 27.2 Å². The number of carbonyl (C=O) groups excluding carboxylic acids is 2. The number of thioether (sulfide) groups is 1. The fourth-order valence-electron chi connectivity index (χ4n) is 3.48. The first-order chi connectivity index (χ1) is 18.8. The van der Waals surface area contributed by atoms with Gasteiger partial charge in [0.05, 0.1) is 41.9 Å². The van der Waals surface area contributed by atoms with Gasteiger partial charge in [-0.15, -0.1) is 11.8 Å². The first-order valence-electron chi connectivity index (χ1n) is 11.5. The van der Waals surface area contributed by atoms with Crippen LogP contribution in [-0.2, 0) is 21.4 Å². The summed E-state index contributed by atoms with van der Waals surface area (Å²) in [4.78, 5) is 25.8. The van der Waals surface area contributed by atoms with E-state index in [9.17, 15) is 18.0 Å². The Labute approximate surface area is 234 Å². The topological polar surface area (TPSA) is 127 Å². The zero-order valence-corrected chi connectivity index (χ0v) is 23.0. The molecule has 0 unspecified atom stereocenters. The highest BCUT2D eigenvalue weighted by Gasteiger charge is 2.22. The number of carbonyl (C=O) groups is 2. The molecule has 0 saturated heterocycles. The van der Waals surface area contributed by atoms with Crippen LogP contribution in [0.2, 0.25) is 5.02 Å². The van der Waals surface area contributed by atoms with Gasteiger partial charge in [0.25, 0.3) is 15.9 Å². The Kier molecular flexibility index (Phi) is 9.18. The molecule has 0 saturated carbocycles. The molecule has 0 aliphatic carbocycles. The molecule has 2 amide bonds. The highest BCUT2D eigenvalue weighted by atomic mass is 35.5. The van der Waals surface area contributed by atoms with Crippen molar-refractivity contribution in [3.8, 4) is 5.75 Å². The van der Waals surface area contributed by atoms with E-state index in [1.807, 2.05) is 0 Å². The number of benzene rings is 3. The van der Waals surface area contributed by atoms with Gasteiger partial charge in [0, 0.05) is 10.6 Å². The summed E-state index contributed by atoms with van der Waals surface area (Å²) in [6, 6.07) is 21.0. The molecule has 0 atom stereocenters. The predicted molar refractivity (Wildman–Crippen MR) is 151 cm³/mol. The molecule has 0 aliphatic heterocycles. The first kappa shape index (κ1) is 28.1. The number of para-hydroxylation sites is 1. The highest BCUT2D eigenvalue weighted by Crippen LogP contribution is 2.31. The van der Waals surface area contributed by atoms with E-state index in [0.29, 0.717) is 16.2 Å². The van der Waals surface area contributed by atoms with Crippen LogP contribution in [0.1, 0.15) is 16.1 Å². The van der Waals surface area contributed by atoms with Crippen molar-refractivity contribution in [3.63, 3.8) is 0 Å². The van der Waals surface area contributed by atoms with Gasteiger partial charge in [-0.25, -0.2) is 8.42 Å². The van der Waals surface area contributed by atoms with Crippen LogP contribution in [0, 0.1) is 0 Å². The Balaban J connectivity index is 1.48.